The van der Waals surface area contributed by atoms with Gasteiger partial charge in [0.25, 0.3) is 11.5 Å². The molecule has 1 fully saturated rings. The molecule has 0 spiro atoms. The molecule has 12 heteroatoms. The van der Waals surface area contributed by atoms with Gasteiger partial charge in [-0.05, 0) is 50.3 Å². The molecule has 0 aromatic carbocycles. The standard InChI is InChI=1S/C21H21F3N6O3/c1-12-8-16(33-29-12)20(32)26-10-13-2-3-14(9-13)27-18-6-4-15(11-25-18)30-19(31)7-5-17(28-30)21(22,23)24/h4-8,11,13-14H,2-3,9-10H2,1H3,(H,25,27)(H,26,32)/t13-,14+/m1/s1. The number of halogens is 3. The first kappa shape index (κ1) is 22.5. The normalized spacial score (nSPS) is 18.3. The van der Waals surface area contributed by atoms with E-state index >= 15 is 0 Å². The van der Waals surface area contributed by atoms with Crippen LogP contribution in [0, 0.1) is 12.8 Å². The van der Waals surface area contributed by atoms with Crippen molar-refractivity contribution in [1.82, 2.24) is 25.2 Å². The maximum absolute atomic E-state index is 12.9. The van der Waals surface area contributed by atoms with Gasteiger partial charge in [-0.15, -0.1) is 0 Å². The lowest BCUT2D eigenvalue weighted by Crippen LogP contribution is -2.28. The van der Waals surface area contributed by atoms with Crippen molar-refractivity contribution in [1.29, 1.82) is 0 Å². The number of rotatable bonds is 6. The molecule has 33 heavy (non-hydrogen) atoms. The Kier molecular flexibility index (Phi) is 6.16. The summed E-state index contributed by atoms with van der Waals surface area (Å²) in [4.78, 5) is 28.2. The van der Waals surface area contributed by atoms with Crippen LogP contribution in [0.2, 0.25) is 0 Å². The Hall–Kier alpha value is -3.70. The summed E-state index contributed by atoms with van der Waals surface area (Å²) in [7, 11) is 0. The Bertz CT molecular complexity index is 1190. The highest BCUT2D eigenvalue weighted by Crippen LogP contribution is 2.28. The van der Waals surface area contributed by atoms with Crippen molar-refractivity contribution in [2.45, 2.75) is 38.4 Å². The zero-order valence-corrected chi connectivity index (χ0v) is 17.6. The maximum Gasteiger partial charge on any atom is 0.435 e. The van der Waals surface area contributed by atoms with Gasteiger partial charge in [0.1, 0.15) is 5.82 Å². The van der Waals surface area contributed by atoms with Gasteiger partial charge < -0.3 is 15.2 Å². The molecule has 3 aromatic heterocycles. The molecule has 0 radical (unpaired) electrons. The fraction of sp³-hybridized carbons (Fsp3) is 0.381. The van der Waals surface area contributed by atoms with Crippen LogP contribution in [0.25, 0.3) is 5.69 Å². The molecule has 0 saturated heterocycles. The Morgan fingerprint density at radius 2 is 2.06 bits per heavy atom. The summed E-state index contributed by atoms with van der Waals surface area (Å²) in [6, 6.07) is 6.25. The van der Waals surface area contributed by atoms with Crippen LogP contribution in [-0.4, -0.2) is 38.4 Å². The highest BCUT2D eigenvalue weighted by molar-refractivity contribution is 5.91. The molecule has 0 bridgehead atoms. The fourth-order valence-corrected chi connectivity index (χ4v) is 3.74. The van der Waals surface area contributed by atoms with Gasteiger partial charge in [0, 0.05) is 24.7 Å². The molecule has 1 saturated carbocycles. The Balaban J connectivity index is 1.33. The third-order valence-corrected chi connectivity index (χ3v) is 5.38. The number of nitrogens with one attached hydrogen (secondary N) is 2. The van der Waals surface area contributed by atoms with Crippen LogP contribution in [0.15, 0.2) is 45.8 Å². The first-order valence-corrected chi connectivity index (χ1v) is 10.3. The number of amides is 1. The fourth-order valence-electron chi connectivity index (χ4n) is 3.74. The van der Waals surface area contributed by atoms with E-state index in [9.17, 15) is 22.8 Å². The Morgan fingerprint density at radius 1 is 1.24 bits per heavy atom. The number of pyridine rings is 1. The lowest BCUT2D eigenvalue weighted by atomic mass is 10.1. The molecule has 174 valence electrons. The number of carbonyl (C=O) groups is 1. The van der Waals surface area contributed by atoms with E-state index < -0.39 is 17.4 Å². The lowest BCUT2D eigenvalue weighted by molar-refractivity contribution is -0.142. The maximum atomic E-state index is 12.9. The number of hydrogen-bond donors (Lipinski definition) is 2. The summed E-state index contributed by atoms with van der Waals surface area (Å²) in [6.07, 6.45) is -0.762. The summed E-state index contributed by atoms with van der Waals surface area (Å²) < 4.78 is 44.3. The van der Waals surface area contributed by atoms with E-state index in [0.717, 1.165) is 25.3 Å². The minimum absolute atomic E-state index is 0.131. The summed E-state index contributed by atoms with van der Waals surface area (Å²) in [5.41, 5.74) is -1.08. The first-order valence-electron chi connectivity index (χ1n) is 10.3. The SMILES string of the molecule is Cc1cc(C(=O)NC[C@@H]2CC[C@H](Nc3ccc(-n4nc(C(F)(F)F)ccc4=O)cn3)C2)on1. The van der Waals surface area contributed by atoms with Crippen molar-refractivity contribution in [3.8, 4) is 5.69 Å². The largest absolute Gasteiger partial charge is 0.435 e. The molecule has 0 unspecified atom stereocenters. The van der Waals surface area contributed by atoms with E-state index in [2.05, 4.69) is 25.9 Å². The number of hydrogen-bond acceptors (Lipinski definition) is 7. The molecule has 3 heterocycles. The van der Waals surface area contributed by atoms with Crippen LogP contribution in [-0.2, 0) is 6.18 Å². The zero-order chi connectivity index (χ0) is 23.6. The van der Waals surface area contributed by atoms with Gasteiger partial charge in [0.05, 0.1) is 17.6 Å². The topological polar surface area (TPSA) is 115 Å². The number of alkyl halides is 3. The highest BCUT2D eigenvalue weighted by Gasteiger charge is 2.33. The smallest absolute Gasteiger partial charge is 0.367 e. The Labute approximate surface area is 186 Å². The molecule has 2 atom stereocenters. The summed E-state index contributed by atoms with van der Waals surface area (Å²) in [6.45, 7) is 2.25. The monoisotopic (exact) mass is 462 g/mol. The van der Waals surface area contributed by atoms with Gasteiger partial charge in [0.15, 0.2) is 5.69 Å². The van der Waals surface area contributed by atoms with Crippen LogP contribution in [0.3, 0.4) is 0 Å². The summed E-state index contributed by atoms with van der Waals surface area (Å²) >= 11 is 0. The molecule has 9 nitrogen and oxygen atoms in total. The van der Waals surface area contributed by atoms with Crippen molar-refractivity contribution in [2.75, 3.05) is 11.9 Å². The first-order chi connectivity index (χ1) is 15.7. The van der Waals surface area contributed by atoms with Crippen LogP contribution < -0.4 is 16.2 Å². The molecule has 1 aliphatic carbocycles. The lowest BCUT2D eigenvalue weighted by Gasteiger charge is -2.15. The van der Waals surface area contributed by atoms with Crippen molar-refractivity contribution >= 4 is 11.7 Å². The second-order valence-electron chi connectivity index (χ2n) is 7.93. The van der Waals surface area contributed by atoms with Gasteiger partial charge in [-0.25, -0.2) is 4.98 Å². The van der Waals surface area contributed by atoms with Crippen molar-refractivity contribution in [3.63, 3.8) is 0 Å². The zero-order valence-electron chi connectivity index (χ0n) is 17.6. The van der Waals surface area contributed by atoms with E-state index in [-0.39, 0.29) is 29.3 Å². The second-order valence-corrected chi connectivity index (χ2v) is 7.93. The molecule has 3 aromatic rings. The third kappa shape index (κ3) is 5.38. The van der Waals surface area contributed by atoms with E-state index in [1.54, 1.807) is 19.1 Å². The quantitative estimate of drug-likeness (QED) is 0.579. The highest BCUT2D eigenvalue weighted by atomic mass is 19.4. The number of aryl methyl sites for hydroxylation is 1. The summed E-state index contributed by atoms with van der Waals surface area (Å²) in [5, 5.41) is 13.2. The predicted molar refractivity (Wildman–Crippen MR) is 111 cm³/mol. The van der Waals surface area contributed by atoms with Crippen LogP contribution in [0.4, 0.5) is 19.0 Å². The minimum atomic E-state index is -4.66. The molecular weight excluding hydrogens is 441 g/mol. The second kappa shape index (κ2) is 9.04. The van der Waals surface area contributed by atoms with Crippen molar-refractivity contribution < 1.29 is 22.5 Å². The van der Waals surface area contributed by atoms with Crippen molar-refractivity contribution in [2.24, 2.45) is 5.92 Å². The third-order valence-electron chi connectivity index (χ3n) is 5.38. The van der Waals surface area contributed by atoms with Gasteiger partial charge in [-0.3, -0.25) is 9.59 Å². The van der Waals surface area contributed by atoms with Gasteiger partial charge in [-0.1, -0.05) is 5.16 Å². The number of nitrogens with zero attached hydrogens (tertiary/aromatic N) is 4. The minimum Gasteiger partial charge on any atom is -0.367 e. The molecule has 4 rings (SSSR count). The van der Waals surface area contributed by atoms with E-state index in [1.165, 1.54) is 12.3 Å². The van der Waals surface area contributed by atoms with Gasteiger partial charge >= 0.3 is 6.18 Å². The van der Waals surface area contributed by atoms with Crippen LogP contribution >= 0.6 is 0 Å². The molecule has 1 aliphatic rings. The van der Waals surface area contributed by atoms with Crippen LogP contribution in [0.1, 0.15) is 41.2 Å². The average molecular weight is 462 g/mol. The molecule has 2 N–H and O–H groups in total. The van der Waals surface area contributed by atoms with E-state index in [4.69, 9.17) is 4.52 Å². The number of anilines is 1. The molecule has 1 amide bonds. The van der Waals surface area contributed by atoms with Gasteiger partial charge in [0.2, 0.25) is 5.76 Å². The number of carbonyl (C=O) groups excluding carboxylic acids is 1. The van der Waals surface area contributed by atoms with Gasteiger partial charge in [-0.2, -0.15) is 23.0 Å². The average Bonchev–Trinajstić information content (AvgIpc) is 3.41. The molecule has 0 aliphatic heterocycles. The van der Waals surface area contributed by atoms with E-state index in [0.29, 0.717) is 28.8 Å². The van der Waals surface area contributed by atoms with Crippen LogP contribution in [0.5, 0.6) is 0 Å². The Morgan fingerprint density at radius 3 is 2.73 bits per heavy atom. The molecular formula is C21H21F3N6O3. The predicted octanol–water partition coefficient (Wildman–Crippen LogP) is 2.95. The number of aromatic nitrogens is 4. The van der Waals surface area contributed by atoms with Crippen molar-refractivity contribution in [3.05, 3.63) is 64.0 Å². The van der Waals surface area contributed by atoms with E-state index in [1.807, 2.05) is 0 Å². The summed E-state index contributed by atoms with van der Waals surface area (Å²) in [5.74, 6) is 0.690.